The van der Waals surface area contributed by atoms with E-state index < -0.39 is 0 Å². The lowest BCUT2D eigenvalue weighted by Crippen LogP contribution is -2.58. The highest BCUT2D eigenvalue weighted by Gasteiger charge is 2.58. The number of nitrogens with one attached hydrogen (secondary N) is 2. The molecule has 0 aromatic carbocycles. The number of rotatable bonds is 1. The summed E-state index contributed by atoms with van der Waals surface area (Å²) < 4.78 is 0. The number of urea groups is 2. The summed E-state index contributed by atoms with van der Waals surface area (Å²) in [4.78, 5) is 42.1. The summed E-state index contributed by atoms with van der Waals surface area (Å²) in [5.74, 6) is 0.0679. The first-order valence-corrected chi connectivity index (χ1v) is 9.07. The first-order valence-electron chi connectivity index (χ1n) is 9.07. The van der Waals surface area contributed by atoms with Gasteiger partial charge < -0.3 is 25.3 Å². The third-order valence-electron chi connectivity index (χ3n) is 5.75. The van der Waals surface area contributed by atoms with Crippen LogP contribution in [0.1, 0.15) is 26.7 Å². The van der Waals surface area contributed by atoms with Gasteiger partial charge in [-0.2, -0.15) is 0 Å². The predicted molar refractivity (Wildman–Crippen MR) is 93.0 cm³/mol. The fourth-order valence-electron chi connectivity index (χ4n) is 4.44. The second-order valence-electron chi connectivity index (χ2n) is 8.03. The fourth-order valence-corrected chi connectivity index (χ4v) is 4.44. The number of carbonyl (C=O) groups excluding carboxylic acids is 3. The van der Waals surface area contributed by atoms with Gasteiger partial charge in [0, 0.05) is 57.8 Å². The minimum Gasteiger partial charge on any atom is -0.350 e. The average Bonchev–Trinajstić information content (AvgIpc) is 3.08. The van der Waals surface area contributed by atoms with Crippen molar-refractivity contribution < 1.29 is 14.4 Å². The standard InChI is InChI=1S/C17H29N5O3/c1-11(2)18-15(24)21-7-5-17(6-8-21)13-10-22(16(25)20(3)4)9-12(13)14(23)19-17/h11-13H,5-10H2,1-4H3,(H,18,24)(H,19,23)/t12-,13+/m0/s1. The van der Waals surface area contributed by atoms with Gasteiger partial charge in [-0.05, 0) is 26.7 Å². The Hall–Kier alpha value is -1.99. The van der Waals surface area contributed by atoms with E-state index in [2.05, 4.69) is 10.6 Å². The van der Waals surface area contributed by atoms with Gasteiger partial charge in [0.1, 0.15) is 0 Å². The van der Waals surface area contributed by atoms with Crippen LogP contribution >= 0.6 is 0 Å². The first kappa shape index (κ1) is 17.8. The number of piperidine rings is 1. The molecule has 5 amide bonds. The first-order chi connectivity index (χ1) is 11.7. The van der Waals surface area contributed by atoms with Crippen LogP contribution in [0, 0.1) is 11.8 Å². The van der Waals surface area contributed by atoms with Crippen molar-refractivity contribution in [1.29, 1.82) is 0 Å². The van der Waals surface area contributed by atoms with Crippen LogP contribution in [0.25, 0.3) is 0 Å². The Balaban J connectivity index is 1.67. The van der Waals surface area contributed by atoms with E-state index in [0.717, 1.165) is 12.8 Å². The highest BCUT2D eigenvalue weighted by atomic mass is 16.2. The van der Waals surface area contributed by atoms with Gasteiger partial charge >= 0.3 is 12.1 Å². The third kappa shape index (κ3) is 3.14. The van der Waals surface area contributed by atoms with Crippen LogP contribution in [-0.4, -0.2) is 84.5 Å². The molecule has 2 N–H and O–H groups in total. The van der Waals surface area contributed by atoms with Crippen LogP contribution in [0.2, 0.25) is 0 Å². The lowest BCUT2D eigenvalue weighted by Gasteiger charge is -2.42. The molecule has 0 radical (unpaired) electrons. The van der Waals surface area contributed by atoms with Gasteiger partial charge in [-0.1, -0.05) is 0 Å². The maximum absolute atomic E-state index is 12.5. The zero-order valence-corrected chi connectivity index (χ0v) is 15.5. The number of amides is 5. The molecule has 25 heavy (non-hydrogen) atoms. The van der Waals surface area contributed by atoms with E-state index in [1.165, 1.54) is 0 Å². The third-order valence-corrected chi connectivity index (χ3v) is 5.75. The van der Waals surface area contributed by atoms with E-state index in [-0.39, 0.29) is 41.4 Å². The Kier molecular flexibility index (Phi) is 4.55. The number of hydrogen-bond donors (Lipinski definition) is 2. The van der Waals surface area contributed by atoms with Gasteiger partial charge in [0.05, 0.1) is 5.92 Å². The van der Waals surface area contributed by atoms with E-state index in [1.54, 1.807) is 23.9 Å². The van der Waals surface area contributed by atoms with Gasteiger partial charge in [0.15, 0.2) is 0 Å². The van der Waals surface area contributed by atoms with Gasteiger partial charge in [0.2, 0.25) is 5.91 Å². The number of carbonyl (C=O) groups is 3. The SMILES string of the molecule is CC(C)NC(=O)N1CCC2(CC1)NC(=O)[C@H]1CN(C(=O)N(C)C)C[C@H]12. The molecule has 8 heteroatoms. The van der Waals surface area contributed by atoms with Crippen molar-refractivity contribution in [2.45, 2.75) is 38.3 Å². The number of fused-ring (bicyclic) bond motifs is 2. The summed E-state index contributed by atoms with van der Waals surface area (Å²) in [5.41, 5.74) is -0.280. The van der Waals surface area contributed by atoms with Gasteiger partial charge in [-0.3, -0.25) is 4.79 Å². The quantitative estimate of drug-likeness (QED) is 0.712. The number of likely N-dealkylation sites (tertiary alicyclic amines) is 2. The Morgan fingerprint density at radius 3 is 2.40 bits per heavy atom. The molecule has 0 unspecified atom stereocenters. The van der Waals surface area contributed by atoms with E-state index in [9.17, 15) is 14.4 Å². The summed E-state index contributed by atoms with van der Waals surface area (Å²) >= 11 is 0. The maximum Gasteiger partial charge on any atom is 0.319 e. The largest absolute Gasteiger partial charge is 0.350 e. The molecule has 3 heterocycles. The maximum atomic E-state index is 12.5. The topological polar surface area (TPSA) is 85.0 Å². The number of nitrogens with zero attached hydrogens (tertiary/aromatic N) is 3. The molecule has 2 atom stereocenters. The zero-order chi connectivity index (χ0) is 18.4. The molecule has 0 saturated carbocycles. The Bertz CT molecular complexity index is 569. The van der Waals surface area contributed by atoms with Crippen molar-refractivity contribution in [3.8, 4) is 0 Å². The molecule has 0 aliphatic carbocycles. The molecule has 3 aliphatic rings. The number of hydrogen-bond acceptors (Lipinski definition) is 3. The van der Waals surface area contributed by atoms with Gasteiger partial charge in [0.25, 0.3) is 0 Å². The van der Waals surface area contributed by atoms with Crippen LogP contribution in [0.4, 0.5) is 9.59 Å². The van der Waals surface area contributed by atoms with Crippen molar-refractivity contribution in [1.82, 2.24) is 25.3 Å². The Labute approximate surface area is 148 Å². The minimum atomic E-state index is -0.280. The van der Waals surface area contributed by atoms with Crippen molar-refractivity contribution in [3.63, 3.8) is 0 Å². The highest BCUT2D eigenvalue weighted by molar-refractivity contribution is 5.85. The molecule has 0 aromatic rings. The molecule has 140 valence electrons. The lowest BCUT2D eigenvalue weighted by molar-refractivity contribution is -0.123. The molecule has 3 aliphatic heterocycles. The molecular formula is C17H29N5O3. The van der Waals surface area contributed by atoms with Crippen molar-refractivity contribution in [3.05, 3.63) is 0 Å². The van der Waals surface area contributed by atoms with Gasteiger partial charge in [-0.25, -0.2) is 9.59 Å². The molecule has 3 rings (SSSR count). The Morgan fingerprint density at radius 1 is 1.20 bits per heavy atom. The van der Waals surface area contributed by atoms with E-state index in [0.29, 0.717) is 26.2 Å². The normalized spacial score (nSPS) is 27.5. The minimum absolute atomic E-state index is 0.0360. The van der Waals surface area contributed by atoms with E-state index in [4.69, 9.17) is 0 Å². The van der Waals surface area contributed by atoms with Crippen LogP contribution in [0.3, 0.4) is 0 Å². The smallest absolute Gasteiger partial charge is 0.319 e. The summed E-state index contributed by atoms with van der Waals surface area (Å²) in [7, 11) is 3.47. The predicted octanol–water partition coefficient (Wildman–Crippen LogP) is 0.298. The molecular weight excluding hydrogens is 322 g/mol. The molecule has 3 fully saturated rings. The van der Waals surface area contributed by atoms with Crippen molar-refractivity contribution in [2.75, 3.05) is 40.3 Å². The summed E-state index contributed by atoms with van der Waals surface area (Å²) in [6, 6.07) is 0.0343. The van der Waals surface area contributed by atoms with Crippen LogP contribution < -0.4 is 10.6 Å². The van der Waals surface area contributed by atoms with Crippen molar-refractivity contribution >= 4 is 18.0 Å². The summed E-state index contributed by atoms with van der Waals surface area (Å²) in [6.07, 6.45) is 1.49. The molecule has 3 saturated heterocycles. The van der Waals surface area contributed by atoms with E-state index in [1.807, 2.05) is 18.7 Å². The molecule has 1 spiro atoms. The van der Waals surface area contributed by atoms with Crippen molar-refractivity contribution in [2.24, 2.45) is 11.8 Å². The average molecular weight is 351 g/mol. The summed E-state index contributed by atoms with van der Waals surface area (Å²) in [6.45, 7) is 6.25. The highest BCUT2D eigenvalue weighted by Crippen LogP contribution is 2.44. The van der Waals surface area contributed by atoms with Crippen LogP contribution in [0.5, 0.6) is 0 Å². The molecule has 8 nitrogen and oxygen atoms in total. The second-order valence-corrected chi connectivity index (χ2v) is 8.03. The lowest BCUT2D eigenvalue weighted by atomic mass is 9.75. The fraction of sp³-hybridized carbons (Fsp3) is 0.824. The van der Waals surface area contributed by atoms with Gasteiger partial charge in [-0.15, -0.1) is 0 Å². The molecule has 0 aromatic heterocycles. The second kappa shape index (κ2) is 6.38. The van der Waals surface area contributed by atoms with E-state index >= 15 is 0 Å². The van der Waals surface area contributed by atoms with Crippen LogP contribution in [-0.2, 0) is 4.79 Å². The monoisotopic (exact) mass is 351 g/mol. The zero-order valence-electron chi connectivity index (χ0n) is 15.5. The van der Waals surface area contributed by atoms with Crippen LogP contribution in [0.15, 0.2) is 0 Å². The summed E-state index contributed by atoms with van der Waals surface area (Å²) in [5, 5.41) is 6.13. The molecule has 0 bridgehead atoms. The Morgan fingerprint density at radius 2 is 1.84 bits per heavy atom.